The van der Waals surface area contributed by atoms with Crippen LogP contribution in [-0.4, -0.2) is 84.7 Å². The van der Waals surface area contributed by atoms with Crippen molar-refractivity contribution in [3.8, 4) is 17.6 Å². The van der Waals surface area contributed by atoms with Gasteiger partial charge in [0.25, 0.3) is 0 Å². The first-order valence-corrected chi connectivity index (χ1v) is 14.8. The number of nitrogens with zero attached hydrogens (tertiary/aromatic N) is 3. The Balaban J connectivity index is 1.28. The van der Waals surface area contributed by atoms with Crippen molar-refractivity contribution in [1.29, 1.82) is 0 Å². The summed E-state index contributed by atoms with van der Waals surface area (Å²) < 4.78 is 11.0. The average Bonchev–Trinajstić information content (AvgIpc) is 3.50. The molecular weight excluding hydrogens is 510 g/mol. The molecule has 8 heteroatoms. The number of aliphatic hydroxyl groups is 2. The van der Waals surface area contributed by atoms with E-state index in [0.29, 0.717) is 6.42 Å². The fourth-order valence-electron chi connectivity index (χ4n) is 5.73. The zero-order chi connectivity index (χ0) is 27.1. The van der Waals surface area contributed by atoms with Crippen molar-refractivity contribution < 1.29 is 19.7 Å². The minimum absolute atomic E-state index is 0.139. The topological polar surface area (TPSA) is 78.3 Å². The molecule has 39 heavy (non-hydrogen) atoms. The molecule has 0 aliphatic carbocycles. The summed E-state index contributed by atoms with van der Waals surface area (Å²) in [5.41, 5.74) is 2.65. The normalized spacial score (nSPS) is 18.9. The van der Waals surface area contributed by atoms with Crippen molar-refractivity contribution in [2.75, 3.05) is 59.7 Å². The Morgan fingerprint density at radius 3 is 2.69 bits per heavy atom. The van der Waals surface area contributed by atoms with E-state index < -0.39 is 6.10 Å². The number of aliphatic hydroxyl groups excluding tert-OH is 2. The summed E-state index contributed by atoms with van der Waals surface area (Å²) in [6, 6.07) is 9.92. The van der Waals surface area contributed by atoms with Gasteiger partial charge in [-0.1, -0.05) is 17.9 Å². The molecule has 2 N–H and O–H groups in total. The Bertz CT molecular complexity index is 1270. The molecule has 7 nitrogen and oxygen atoms in total. The van der Waals surface area contributed by atoms with Crippen LogP contribution < -0.4 is 4.74 Å². The van der Waals surface area contributed by atoms with E-state index in [1.165, 1.54) is 0 Å². The lowest BCUT2D eigenvalue weighted by molar-refractivity contribution is 0.0262. The summed E-state index contributed by atoms with van der Waals surface area (Å²) in [4.78, 5) is 10.5. The lowest BCUT2D eigenvalue weighted by Crippen LogP contribution is -2.42. The van der Waals surface area contributed by atoms with Crippen LogP contribution in [-0.2, 0) is 11.3 Å². The van der Waals surface area contributed by atoms with Gasteiger partial charge in [0.1, 0.15) is 5.75 Å². The van der Waals surface area contributed by atoms with Crippen molar-refractivity contribution in [2.24, 2.45) is 5.41 Å². The molecule has 0 spiro atoms. The standard InChI is InChI=1S/C31H39N3O4S/c1-37-25-6-7-28-27(20-25)30(24(21-32-28)22-34-15-17-38-18-16-34)29(36)8-9-31(23-35)10-13-33(14-11-31)12-2-4-26-5-3-19-39-26/h3,5-7,19-21,29,35-36H,8-18,22-23H2,1H3/t29-/m1/s1. The molecule has 1 aromatic carbocycles. The molecule has 0 saturated carbocycles. The average molecular weight is 550 g/mol. The molecule has 2 aliphatic rings. The third-order valence-corrected chi connectivity index (χ3v) is 9.05. The van der Waals surface area contributed by atoms with E-state index in [-0.39, 0.29) is 12.0 Å². The maximum Gasteiger partial charge on any atom is 0.119 e. The van der Waals surface area contributed by atoms with E-state index in [2.05, 4.69) is 21.6 Å². The summed E-state index contributed by atoms with van der Waals surface area (Å²) >= 11 is 1.67. The summed E-state index contributed by atoms with van der Waals surface area (Å²) in [6.07, 6.45) is 4.43. The Morgan fingerprint density at radius 2 is 1.97 bits per heavy atom. The second-order valence-electron chi connectivity index (χ2n) is 10.7. The Labute approximate surface area is 235 Å². The molecule has 1 atom stereocenters. The number of piperidine rings is 1. The molecule has 2 saturated heterocycles. The van der Waals surface area contributed by atoms with E-state index in [1.54, 1.807) is 18.4 Å². The van der Waals surface area contributed by atoms with Crippen LogP contribution in [0.3, 0.4) is 0 Å². The second-order valence-corrected chi connectivity index (χ2v) is 11.7. The number of morpholine rings is 1. The number of hydrogen-bond donors (Lipinski definition) is 2. The number of likely N-dealkylation sites (tertiary alicyclic amines) is 1. The largest absolute Gasteiger partial charge is 0.497 e. The van der Waals surface area contributed by atoms with E-state index in [9.17, 15) is 10.2 Å². The number of hydrogen-bond acceptors (Lipinski definition) is 8. The van der Waals surface area contributed by atoms with Crippen LogP contribution in [0.25, 0.3) is 10.9 Å². The van der Waals surface area contributed by atoms with Gasteiger partial charge < -0.3 is 19.7 Å². The van der Waals surface area contributed by atoms with Gasteiger partial charge in [0, 0.05) is 37.8 Å². The van der Waals surface area contributed by atoms with Crippen molar-refractivity contribution in [1.82, 2.24) is 14.8 Å². The second kappa shape index (κ2) is 13.2. The van der Waals surface area contributed by atoms with E-state index >= 15 is 0 Å². The van der Waals surface area contributed by atoms with Gasteiger partial charge in [-0.3, -0.25) is 14.8 Å². The molecule has 0 radical (unpaired) electrons. The number of thiophene rings is 1. The summed E-state index contributed by atoms with van der Waals surface area (Å²) in [7, 11) is 1.66. The number of aromatic nitrogens is 1. The molecule has 0 bridgehead atoms. The van der Waals surface area contributed by atoms with Crippen LogP contribution in [0.1, 0.15) is 47.8 Å². The van der Waals surface area contributed by atoms with Crippen LogP contribution in [0.2, 0.25) is 0 Å². The molecule has 2 aliphatic heterocycles. The highest BCUT2D eigenvalue weighted by atomic mass is 32.1. The first-order valence-electron chi connectivity index (χ1n) is 13.9. The SMILES string of the molecule is COc1ccc2ncc(CN3CCOCC3)c([C@H](O)CCC3(CO)CCN(CC#Cc4cccs4)CC3)c2c1. The van der Waals surface area contributed by atoms with Gasteiger partial charge in [0.05, 0.1) is 43.4 Å². The lowest BCUT2D eigenvalue weighted by Gasteiger charge is -2.40. The molecular formula is C31H39N3O4S. The smallest absolute Gasteiger partial charge is 0.119 e. The number of ether oxygens (including phenoxy) is 2. The van der Waals surface area contributed by atoms with Gasteiger partial charge in [-0.05, 0) is 85.0 Å². The zero-order valence-corrected chi connectivity index (χ0v) is 23.6. The predicted molar refractivity (Wildman–Crippen MR) is 155 cm³/mol. The molecule has 4 heterocycles. The van der Waals surface area contributed by atoms with Crippen LogP contribution >= 0.6 is 11.3 Å². The highest BCUT2D eigenvalue weighted by molar-refractivity contribution is 7.10. The van der Waals surface area contributed by atoms with Crippen molar-refractivity contribution in [3.05, 3.63) is 57.9 Å². The quantitative estimate of drug-likeness (QED) is 0.390. The van der Waals surface area contributed by atoms with Gasteiger partial charge in [0.2, 0.25) is 0 Å². The maximum atomic E-state index is 11.7. The summed E-state index contributed by atoms with van der Waals surface area (Å²) in [5, 5.41) is 25.1. The Kier molecular flexibility index (Phi) is 9.51. The predicted octanol–water partition coefficient (Wildman–Crippen LogP) is 4.08. The van der Waals surface area contributed by atoms with Crippen LogP contribution in [0, 0.1) is 17.3 Å². The molecule has 0 unspecified atom stereocenters. The van der Waals surface area contributed by atoms with Crippen molar-refractivity contribution in [2.45, 2.75) is 38.3 Å². The molecule has 208 valence electrons. The minimum atomic E-state index is -0.656. The lowest BCUT2D eigenvalue weighted by atomic mass is 9.74. The molecule has 2 fully saturated rings. The van der Waals surface area contributed by atoms with Crippen molar-refractivity contribution >= 4 is 22.2 Å². The van der Waals surface area contributed by atoms with E-state index in [4.69, 9.17) is 14.5 Å². The number of benzene rings is 1. The molecule has 0 amide bonds. The zero-order valence-electron chi connectivity index (χ0n) is 22.8. The molecule has 5 rings (SSSR count). The maximum absolute atomic E-state index is 11.7. The first kappa shape index (κ1) is 28.0. The number of fused-ring (bicyclic) bond motifs is 1. The summed E-state index contributed by atoms with van der Waals surface area (Å²) in [5.74, 6) is 7.29. The Morgan fingerprint density at radius 1 is 1.15 bits per heavy atom. The summed E-state index contributed by atoms with van der Waals surface area (Å²) in [6.45, 7) is 6.62. The van der Waals surface area contributed by atoms with Crippen molar-refractivity contribution in [3.63, 3.8) is 0 Å². The van der Waals surface area contributed by atoms with Gasteiger partial charge in [-0.15, -0.1) is 11.3 Å². The third kappa shape index (κ3) is 6.98. The highest BCUT2D eigenvalue weighted by Crippen LogP contribution is 2.40. The van der Waals surface area contributed by atoms with Gasteiger partial charge >= 0.3 is 0 Å². The van der Waals surface area contributed by atoms with Crippen LogP contribution in [0.5, 0.6) is 5.75 Å². The minimum Gasteiger partial charge on any atom is -0.497 e. The molecule has 3 aromatic rings. The number of pyridine rings is 1. The Hall–Kier alpha value is -2.51. The fraction of sp³-hybridized carbons (Fsp3) is 0.516. The third-order valence-electron chi connectivity index (χ3n) is 8.27. The van der Waals surface area contributed by atoms with Gasteiger partial charge in [-0.2, -0.15) is 0 Å². The van der Waals surface area contributed by atoms with Gasteiger partial charge in [0.15, 0.2) is 0 Å². The number of methoxy groups -OCH3 is 1. The van der Waals surface area contributed by atoms with Gasteiger partial charge in [-0.25, -0.2) is 0 Å². The fourth-order valence-corrected chi connectivity index (χ4v) is 6.32. The number of rotatable bonds is 9. The monoisotopic (exact) mass is 549 g/mol. The van der Waals surface area contributed by atoms with E-state index in [0.717, 1.165) is 104 Å². The van der Waals surface area contributed by atoms with Crippen LogP contribution in [0.4, 0.5) is 0 Å². The first-order chi connectivity index (χ1) is 19.1. The highest BCUT2D eigenvalue weighted by Gasteiger charge is 2.34. The van der Waals surface area contributed by atoms with Crippen LogP contribution in [0.15, 0.2) is 41.9 Å². The molecule has 2 aromatic heterocycles. The van der Waals surface area contributed by atoms with E-state index in [1.807, 2.05) is 41.9 Å².